The maximum Gasteiger partial charge on any atom is 0.314 e. The van der Waals surface area contributed by atoms with E-state index in [1.165, 1.54) is 19.2 Å². The fourth-order valence-corrected chi connectivity index (χ4v) is 1.35. The molecule has 0 aliphatic carbocycles. The Morgan fingerprint density at radius 2 is 2.12 bits per heavy atom. The zero-order chi connectivity index (χ0) is 13.1. The highest BCUT2D eigenvalue weighted by Crippen LogP contribution is 2.26. The highest BCUT2D eigenvalue weighted by Gasteiger charge is 2.30. The van der Waals surface area contributed by atoms with E-state index in [9.17, 15) is 9.18 Å². The van der Waals surface area contributed by atoms with Crippen molar-refractivity contribution < 1.29 is 18.7 Å². The second-order valence-corrected chi connectivity index (χ2v) is 4.62. The highest BCUT2D eigenvalue weighted by atomic mass is 35.5. The Balaban J connectivity index is 2.74. The van der Waals surface area contributed by atoms with Gasteiger partial charge in [-0.25, -0.2) is 4.39 Å². The van der Waals surface area contributed by atoms with E-state index in [-0.39, 0.29) is 17.4 Å². The Bertz CT molecular complexity index is 418. The second kappa shape index (κ2) is 5.36. The normalized spacial score (nSPS) is 11.1. The largest absolute Gasteiger partial charge is 0.489 e. The molecule has 0 unspecified atom stereocenters. The molecule has 0 bridgehead atoms. The van der Waals surface area contributed by atoms with E-state index in [4.69, 9.17) is 16.3 Å². The van der Waals surface area contributed by atoms with Crippen LogP contribution in [0.5, 0.6) is 5.75 Å². The lowest BCUT2D eigenvalue weighted by Gasteiger charge is -2.21. The van der Waals surface area contributed by atoms with Gasteiger partial charge in [-0.3, -0.25) is 4.79 Å². The number of halogens is 2. The van der Waals surface area contributed by atoms with Crippen LogP contribution in [0.15, 0.2) is 18.2 Å². The first-order valence-corrected chi connectivity index (χ1v) is 5.41. The van der Waals surface area contributed by atoms with Crippen LogP contribution in [-0.4, -0.2) is 19.7 Å². The monoisotopic (exact) mass is 260 g/mol. The Kier molecular flexibility index (Phi) is 4.34. The molecule has 0 spiro atoms. The van der Waals surface area contributed by atoms with Crippen LogP contribution in [0.1, 0.15) is 13.8 Å². The zero-order valence-electron chi connectivity index (χ0n) is 9.92. The third-order valence-corrected chi connectivity index (χ3v) is 2.53. The molecule has 0 aliphatic rings. The molecular weight excluding hydrogens is 247 g/mol. The lowest BCUT2D eigenvalue weighted by Crippen LogP contribution is -2.32. The number of benzene rings is 1. The van der Waals surface area contributed by atoms with Crippen LogP contribution >= 0.6 is 11.6 Å². The molecule has 5 heteroatoms. The molecule has 1 aromatic carbocycles. The Morgan fingerprint density at radius 3 is 2.71 bits per heavy atom. The molecular formula is C12H14ClFO3. The fourth-order valence-electron chi connectivity index (χ4n) is 1.19. The second-order valence-electron chi connectivity index (χ2n) is 4.22. The Hall–Kier alpha value is -1.29. The number of rotatable bonds is 4. The molecule has 0 radical (unpaired) electrons. The first-order valence-electron chi connectivity index (χ1n) is 5.03. The number of hydrogen-bond donors (Lipinski definition) is 0. The van der Waals surface area contributed by atoms with Crippen LogP contribution in [0, 0.1) is 11.2 Å². The lowest BCUT2D eigenvalue weighted by molar-refractivity contribution is -0.152. The van der Waals surface area contributed by atoms with E-state index in [2.05, 4.69) is 4.74 Å². The van der Waals surface area contributed by atoms with Crippen LogP contribution in [-0.2, 0) is 9.53 Å². The van der Waals surface area contributed by atoms with Crippen molar-refractivity contribution in [3.63, 3.8) is 0 Å². The molecule has 1 aromatic rings. The molecule has 0 saturated carbocycles. The summed E-state index contributed by atoms with van der Waals surface area (Å²) in [5, 5.41) is -0.0154. The summed E-state index contributed by atoms with van der Waals surface area (Å²) in [6.07, 6.45) is 0. The Labute approximate surface area is 104 Å². The number of hydrogen-bond acceptors (Lipinski definition) is 3. The van der Waals surface area contributed by atoms with E-state index < -0.39 is 17.2 Å². The van der Waals surface area contributed by atoms with Crippen molar-refractivity contribution in [1.82, 2.24) is 0 Å². The van der Waals surface area contributed by atoms with Crippen LogP contribution in [0.25, 0.3) is 0 Å². The molecule has 0 atom stereocenters. The third kappa shape index (κ3) is 3.33. The summed E-state index contributed by atoms with van der Waals surface area (Å²) in [5.41, 5.74) is -0.844. The zero-order valence-corrected chi connectivity index (χ0v) is 10.7. The van der Waals surface area contributed by atoms with Gasteiger partial charge in [0.15, 0.2) is 11.6 Å². The molecule has 94 valence electrons. The third-order valence-electron chi connectivity index (χ3n) is 2.24. The summed E-state index contributed by atoms with van der Waals surface area (Å²) in [5.74, 6) is -1.02. The summed E-state index contributed by atoms with van der Waals surface area (Å²) in [4.78, 5) is 11.4. The van der Waals surface area contributed by atoms with Crippen molar-refractivity contribution in [1.29, 1.82) is 0 Å². The summed E-state index contributed by atoms with van der Waals surface area (Å²) >= 11 is 5.61. The van der Waals surface area contributed by atoms with Crippen molar-refractivity contribution in [2.24, 2.45) is 5.41 Å². The van der Waals surface area contributed by atoms with Gasteiger partial charge in [-0.15, -0.1) is 0 Å². The molecule has 0 aliphatic heterocycles. The quantitative estimate of drug-likeness (QED) is 0.781. The SMILES string of the molecule is COC(=O)C(C)(C)COc1cccc(Cl)c1F. The number of esters is 1. The standard InChI is InChI=1S/C12H14ClFO3/c1-12(2,11(15)16-3)7-17-9-6-4-5-8(13)10(9)14/h4-6H,7H2,1-3H3. The molecule has 3 nitrogen and oxygen atoms in total. The van der Waals surface area contributed by atoms with Gasteiger partial charge in [-0.2, -0.15) is 0 Å². The van der Waals surface area contributed by atoms with Crippen LogP contribution in [0.2, 0.25) is 5.02 Å². The summed E-state index contributed by atoms with van der Waals surface area (Å²) in [6.45, 7) is 3.32. The van der Waals surface area contributed by atoms with Crippen molar-refractivity contribution in [3.05, 3.63) is 29.0 Å². The van der Waals surface area contributed by atoms with Gasteiger partial charge >= 0.3 is 5.97 Å². The van der Waals surface area contributed by atoms with Gasteiger partial charge in [0.05, 0.1) is 17.5 Å². The predicted molar refractivity (Wildman–Crippen MR) is 62.7 cm³/mol. The van der Waals surface area contributed by atoms with Crippen LogP contribution in [0.4, 0.5) is 4.39 Å². The highest BCUT2D eigenvalue weighted by molar-refractivity contribution is 6.30. The molecule has 0 heterocycles. The summed E-state index contributed by atoms with van der Waals surface area (Å²) in [7, 11) is 1.30. The average Bonchev–Trinajstić information content (AvgIpc) is 2.30. The molecule has 0 aromatic heterocycles. The van der Waals surface area contributed by atoms with Crippen molar-refractivity contribution in [2.45, 2.75) is 13.8 Å². The van der Waals surface area contributed by atoms with Crippen LogP contribution in [0.3, 0.4) is 0 Å². The van der Waals surface area contributed by atoms with Crippen molar-refractivity contribution in [3.8, 4) is 5.75 Å². The average molecular weight is 261 g/mol. The first kappa shape index (κ1) is 13.8. The van der Waals surface area contributed by atoms with E-state index in [1.807, 2.05) is 0 Å². The number of methoxy groups -OCH3 is 1. The number of carbonyl (C=O) groups is 1. The minimum atomic E-state index is -0.844. The fraction of sp³-hybridized carbons (Fsp3) is 0.417. The van der Waals surface area contributed by atoms with Crippen molar-refractivity contribution in [2.75, 3.05) is 13.7 Å². The molecule has 0 fully saturated rings. The van der Waals surface area contributed by atoms with E-state index in [0.29, 0.717) is 0 Å². The summed E-state index contributed by atoms with van der Waals surface area (Å²) in [6, 6.07) is 4.45. The van der Waals surface area contributed by atoms with Crippen LogP contribution < -0.4 is 4.74 Å². The van der Waals surface area contributed by atoms with Crippen molar-refractivity contribution >= 4 is 17.6 Å². The van der Waals surface area contributed by atoms with Gasteiger partial charge in [0.25, 0.3) is 0 Å². The maximum atomic E-state index is 13.5. The topological polar surface area (TPSA) is 35.5 Å². The number of carbonyl (C=O) groups excluding carboxylic acids is 1. The molecule has 0 saturated heterocycles. The minimum Gasteiger partial charge on any atom is -0.489 e. The predicted octanol–water partition coefficient (Wildman–Crippen LogP) is 3.06. The molecule has 0 N–H and O–H groups in total. The molecule has 17 heavy (non-hydrogen) atoms. The van der Waals surface area contributed by atoms with Gasteiger partial charge in [0.1, 0.15) is 6.61 Å². The number of ether oxygens (including phenoxy) is 2. The maximum absolute atomic E-state index is 13.5. The van der Waals surface area contributed by atoms with E-state index in [0.717, 1.165) is 0 Å². The van der Waals surface area contributed by atoms with E-state index >= 15 is 0 Å². The van der Waals surface area contributed by atoms with Gasteiger partial charge in [-0.1, -0.05) is 17.7 Å². The molecule has 0 amide bonds. The first-order chi connectivity index (χ1) is 7.88. The molecule has 1 rings (SSSR count). The van der Waals surface area contributed by atoms with Gasteiger partial charge in [-0.05, 0) is 26.0 Å². The summed E-state index contributed by atoms with van der Waals surface area (Å²) < 4.78 is 23.4. The lowest BCUT2D eigenvalue weighted by atomic mass is 9.95. The van der Waals surface area contributed by atoms with Gasteiger partial charge < -0.3 is 9.47 Å². The Morgan fingerprint density at radius 1 is 1.47 bits per heavy atom. The smallest absolute Gasteiger partial charge is 0.314 e. The van der Waals surface area contributed by atoms with Gasteiger partial charge in [0.2, 0.25) is 0 Å². The van der Waals surface area contributed by atoms with E-state index in [1.54, 1.807) is 19.9 Å². The van der Waals surface area contributed by atoms with Gasteiger partial charge in [0, 0.05) is 0 Å². The minimum absolute atomic E-state index is 0.0108.